The van der Waals surface area contributed by atoms with Crippen LogP contribution in [0.2, 0.25) is 0 Å². The molecule has 1 aliphatic rings. The summed E-state index contributed by atoms with van der Waals surface area (Å²) in [5, 5.41) is 0. The van der Waals surface area contributed by atoms with Crippen LogP contribution in [0.3, 0.4) is 0 Å². The second-order valence-electron chi connectivity index (χ2n) is 5.67. The van der Waals surface area contributed by atoms with E-state index in [0.717, 1.165) is 25.8 Å². The fraction of sp³-hybridized carbons (Fsp3) is 0.933. The average molecular weight is 254 g/mol. The molecule has 1 heterocycles. The Balaban J connectivity index is 2.29. The number of amides is 1. The van der Waals surface area contributed by atoms with E-state index in [9.17, 15) is 4.79 Å². The van der Waals surface area contributed by atoms with Gasteiger partial charge in [0.1, 0.15) is 0 Å². The third-order valence-corrected chi connectivity index (χ3v) is 3.97. The quantitative estimate of drug-likeness (QED) is 0.710. The number of piperidine rings is 1. The van der Waals surface area contributed by atoms with Crippen molar-refractivity contribution in [2.75, 3.05) is 6.54 Å². The zero-order chi connectivity index (χ0) is 13.4. The molecule has 0 bridgehead atoms. The fourth-order valence-electron chi connectivity index (χ4n) is 2.84. The van der Waals surface area contributed by atoms with E-state index in [1.807, 2.05) is 11.8 Å². The number of likely N-dealkylation sites (tertiary alicyclic amines) is 1. The highest BCUT2D eigenvalue weighted by molar-refractivity contribution is 5.76. The largest absolute Gasteiger partial charge is 0.338 e. The van der Waals surface area contributed by atoms with Gasteiger partial charge in [0, 0.05) is 25.0 Å². The van der Waals surface area contributed by atoms with Gasteiger partial charge in [-0.25, -0.2) is 0 Å². The second kappa shape index (κ2) is 8.52. The molecule has 0 spiro atoms. The third kappa shape index (κ3) is 4.97. The Hall–Kier alpha value is -0.570. The Morgan fingerprint density at radius 2 is 2.00 bits per heavy atom. The maximum absolute atomic E-state index is 12.2. The summed E-state index contributed by atoms with van der Waals surface area (Å²) in [6, 6.07) is 0.385. The Bertz CT molecular complexity index is 241. The van der Waals surface area contributed by atoms with E-state index in [-0.39, 0.29) is 12.1 Å². The molecular weight excluding hydrogens is 224 g/mol. The predicted octanol–water partition coefficient (Wildman–Crippen LogP) is 3.08. The van der Waals surface area contributed by atoms with Crippen molar-refractivity contribution in [1.82, 2.24) is 4.90 Å². The molecule has 1 saturated heterocycles. The Labute approximate surface area is 112 Å². The normalized spacial score (nSPS) is 21.9. The van der Waals surface area contributed by atoms with Crippen molar-refractivity contribution in [2.45, 2.75) is 83.7 Å². The molecule has 0 saturated carbocycles. The smallest absolute Gasteiger partial charge is 0.222 e. The van der Waals surface area contributed by atoms with Crippen molar-refractivity contribution in [3.05, 3.63) is 0 Å². The third-order valence-electron chi connectivity index (χ3n) is 3.97. The van der Waals surface area contributed by atoms with Gasteiger partial charge in [-0.1, -0.05) is 32.6 Å². The number of carbonyl (C=O) groups excluding carboxylic acids is 1. The summed E-state index contributed by atoms with van der Waals surface area (Å²) < 4.78 is 0. The zero-order valence-corrected chi connectivity index (χ0v) is 12.2. The number of nitrogens with two attached hydrogens (primary N) is 1. The fourth-order valence-corrected chi connectivity index (χ4v) is 2.84. The molecule has 1 rings (SSSR count). The van der Waals surface area contributed by atoms with Crippen molar-refractivity contribution in [2.24, 2.45) is 5.73 Å². The van der Waals surface area contributed by atoms with Gasteiger partial charge >= 0.3 is 0 Å². The van der Waals surface area contributed by atoms with Crippen LogP contribution in [-0.2, 0) is 4.79 Å². The van der Waals surface area contributed by atoms with Crippen LogP contribution >= 0.6 is 0 Å². The summed E-state index contributed by atoms with van der Waals surface area (Å²) in [6.45, 7) is 5.16. The van der Waals surface area contributed by atoms with Gasteiger partial charge in [-0.3, -0.25) is 4.79 Å². The maximum atomic E-state index is 12.2. The van der Waals surface area contributed by atoms with E-state index in [0.29, 0.717) is 12.3 Å². The number of unbranched alkanes of at least 4 members (excludes halogenated alkanes) is 4. The van der Waals surface area contributed by atoms with Crippen LogP contribution in [-0.4, -0.2) is 29.4 Å². The Morgan fingerprint density at radius 1 is 1.28 bits per heavy atom. The van der Waals surface area contributed by atoms with Crippen molar-refractivity contribution >= 4 is 5.91 Å². The molecule has 0 aromatic carbocycles. The van der Waals surface area contributed by atoms with Crippen molar-refractivity contribution in [1.29, 1.82) is 0 Å². The number of rotatable bonds is 7. The molecule has 1 fully saturated rings. The molecule has 2 N–H and O–H groups in total. The van der Waals surface area contributed by atoms with Gasteiger partial charge in [-0.15, -0.1) is 0 Å². The van der Waals surface area contributed by atoms with Gasteiger partial charge in [-0.05, 0) is 32.6 Å². The van der Waals surface area contributed by atoms with E-state index in [4.69, 9.17) is 5.73 Å². The Kier molecular flexibility index (Phi) is 7.33. The number of hydrogen-bond donors (Lipinski definition) is 1. The van der Waals surface area contributed by atoms with Gasteiger partial charge in [-0.2, -0.15) is 0 Å². The number of nitrogens with zero attached hydrogens (tertiary/aromatic N) is 1. The van der Waals surface area contributed by atoms with E-state index < -0.39 is 0 Å². The first-order valence-corrected chi connectivity index (χ1v) is 7.72. The van der Waals surface area contributed by atoms with E-state index in [1.165, 1.54) is 32.1 Å². The second-order valence-corrected chi connectivity index (χ2v) is 5.67. The van der Waals surface area contributed by atoms with Gasteiger partial charge < -0.3 is 10.6 Å². The van der Waals surface area contributed by atoms with Crippen molar-refractivity contribution in [3.8, 4) is 0 Å². The van der Waals surface area contributed by atoms with Gasteiger partial charge in [0.25, 0.3) is 0 Å². The van der Waals surface area contributed by atoms with Crippen molar-refractivity contribution < 1.29 is 4.79 Å². The van der Waals surface area contributed by atoms with Gasteiger partial charge in [0.15, 0.2) is 0 Å². The van der Waals surface area contributed by atoms with Crippen molar-refractivity contribution in [3.63, 3.8) is 0 Å². The molecule has 3 heteroatoms. The standard InChI is InChI=1S/C15H30N2O/c1-3-4-5-6-7-11-15(18)17-12-9-8-10-14(17)13(2)16/h13-14H,3-12,16H2,1-2H3. The molecule has 0 aliphatic carbocycles. The summed E-state index contributed by atoms with van der Waals surface area (Å²) in [5.41, 5.74) is 6.00. The van der Waals surface area contributed by atoms with Crippen LogP contribution in [0.25, 0.3) is 0 Å². The van der Waals surface area contributed by atoms with Crippen LogP contribution in [0.1, 0.15) is 71.6 Å². The van der Waals surface area contributed by atoms with Crippen LogP contribution in [0.15, 0.2) is 0 Å². The molecule has 0 radical (unpaired) electrons. The lowest BCUT2D eigenvalue weighted by Gasteiger charge is -2.38. The molecule has 2 unspecified atom stereocenters. The summed E-state index contributed by atoms with van der Waals surface area (Å²) in [5.74, 6) is 0.327. The van der Waals surface area contributed by atoms with Crippen LogP contribution in [0.5, 0.6) is 0 Å². The molecular formula is C15H30N2O. The van der Waals surface area contributed by atoms with E-state index in [1.54, 1.807) is 0 Å². The molecule has 1 aliphatic heterocycles. The number of hydrogen-bond acceptors (Lipinski definition) is 2. The first kappa shape index (κ1) is 15.5. The summed E-state index contributed by atoms with van der Waals surface area (Å²) >= 11 is 0. The summed E-state index contributed by atoms with van der Waals surface area (Å²) in [7, 11) is 0. The first-order chi connectivity index (χ1) is 8.66. The van der Waals surface area contributed by atoms with E-state index >= 15 is 0 Å². The number of carbonyl (C=O) groups is 1. The highest BCUT2D eigenvalue weighted by atomic mass is 16.2. The average Bonchev–Trinajstić information content (AvgIpc) is 2.38. The van der Waals surface area contributed by atoms with Crippen LogP contribution in [0, 0.1) is 0 Å². The lowest BCUT2D eigenvalue weighted by atomic mass is 9.96. The maximum Gasteiger partial charge on any atom is 0.222 e. The molecule has 2 atom stereocenters. The van der Waals surface area contributed by atoms with E-state index in [2.05, 4.69) is 6.92 Å². The molecule has 18 heavy (non-hydrogen) atoms. The van der Waals surface area contributed by atoms with Crippen LogP contribution in [0.4, 0.5) is 0 Å². The molecule has 0 aromatic rings. The highest BCUT2D eigenvalue weighted by Gasteiger charge is 2.28. The molecule has 1 amide bonds. The predicted molar refractivity (Wildman–Crippen MR) is 76.4 cm³/mol. The minimum absolute atomic E-state index is 0.106. The topological polar surface area (TPSA) is 46.3 Å². The minimum atomic E-state index is 0.106. The molecule has 3 nitrogen and oxygen atoms in total. The SMILES string of the molecule is CCCCCCCC(=O)N1CCCCC1C(C)N. The lowest BCUT2D eigenvalue weighted by molar-refractivity contribution is -0.135. The van der Waals surface area contributed by atoms with Gasteiger partial charge in [0.05, 0.1) is 0 Å². The highest BCUT2D eigenvalue weighted by Crippen LogP contribution is 2.20. The zero-order valence-electron chi connectivity index (χ0n) is 12.2. The summed E-state index contributed by atoms with van der Waals surface area (Å²) in [6.07, 6.45) is 10.2. The monoisotopic (exact) mass is 254 g/mol. The summed E-state index contributed by atoms with van der Waals surface area (Å²) in [4.78, 5) is 14.3. The molecule has 106 valence electrons. The Morgan fingerprint density at radius 3 is 2.67 bits per heavy atom. The van der Waals surface area contributed by atoms with Gasteiger partial charge in [0.2, 0.25) is 5.91 Å². The molecule has 0 aromatic heterocycles. The first-order valence-electron chi connectivity index (χ1n) is 7.72. The lowest BCUT2D eigenvalue weighted by Crippen LogP contribution is -2.51. The minimum Gasteiger partial charge on any atom is -0.338 e. The van der Waals surface area contributed by atoms with Crippen LogP contribution < -0.4 is 5.73 Å².